The summed E-state index contributed by atoms with van der Waals surface area (Å²) in [6.45, 7) is 0. The maximum absolute atomic E-state index is 12.7. The molecule has 0 atom stereocenters. The third-order valence-electron chi connectivity index (χ3n) is 4.25. The van der Waals surface area contributed by atoms with Crippen LogP contribution in [0.4, 0.5) is 0 Å². The average molecular weight is 340 g/mol. The molecule has 0 amide bonds. The lowest BCUT2D eigenvalue weighted by Crippen LogP contribution is -2.08. The lowest BCUT2D eigenvalue weighted by molar-refractivity contribution is 0.465. The Morgan fingerprint density at radius 3 is 2.15 bits per heavy atom. The minimum atomic E-state index is -0.563. The van der Waals surface area contributed by atoms with Crippen LogP contribution in [0.15, 0.2) is 94.1 Å². The molecule has 0 saturated heterocycles. The van der Waals surface area contributed by atoms with Crippen molar-refractivity contribution in [3.05, 3.63) is 112 Å². The maximum Gasteiger partial charge on any atom is 0.348 e. The van der Waals surface area contributed by atoms with Crippen LogP contribution in [0.2, 0.25) is 0 Å². The second-order valence-electron chi connectivity index (χ2n) is 5.94. The van der Waals surface area contributed by atoms with Crippen LogP contribution in [0.5, 0.6) is 5.75 Å². The summed E-state index contributed by atoms with van der Waals surface area (Å²) in [5.74, 6) is -0.0668. The van der Waals surface area contributed by atoms with Crippen LogP contribution in [0.25, 0.3) is 22.6 Å². The van der Waals surface area contributed by atoms with E-state index in [2.05, 4.69) is 0 Å². The number of hydrogen-bond acceptors (Lipinski definition) is 3. The molecule has 26 heavy (non-hydrogen) atoms. The fraction of sp³-hybridized carbons (Fsp3) is 0. The van der Waals surface area contributed by atoms with Gasteiger partial charge < -0.3 is 9.52 Å². The highest BCUT2D eigenvalue weighted by atomic mass is 16.4. The van der Waals surface area contributed by atoms with Gasteiger partial charge in [0.15, 0.2) is 0 Å². The number of hydrogen-bond donors (Lipinski definition) is 1. The second-order valence-corrected chi connectivity index (χ2v) is 5.94. The van der Waals surface area contributed by atoms with E-state index in [1.165, 1.54) is 0 Å². The van der Waals surface area contributed by atoms with Gasteiger partial charge in [0.05, 0.1) is 5.39 Å². The summed E-state index contributed by atoms with van der Waals surface area (Å²) in [5, 5.41) is 11.4. The minimum absolute atomic E-state index is 0.0668. The second kappa shape index (κ2) is 6.73. The smallest absolute Gasteiger partial charge is 0.348 e. The molecule has 3 heteroatoms. The van der Waals surface area contributed by atoms with Crippen molar-refractivity contribution >= 4 is 22.6 Å². The van der Waals surface area contributed by atoms with E-state index in [-0.39, 0.29) is 11.3 Å². The van der Waals surface area contributed by atoms with Gasteiger partial charge in [0.1, 0.15) is 16.9 Å². The molecule has 0 spiro atoms. The summed E-state index contributed by atoms with van der Waals surface area (Å²) in [7, 11) is 0. The van der Waals surface area contributed by atoms with Gasteiger partial charge in [0, 0.05) is 5.57 Å². The van der Waals surface area contributed by atoms with Crippen LogP contribution in [0.1, 0.15) is 16.7 Å². The van der Waals surface area contributed by atoms with Crippen LogP contribution in [-0.4, -0.2) is 5.11 Å². The summed E-state index contributed by atoms with van der Waals surface area (Å²) >= 11 is 0. The molecule has 3 nitrogen and oxygen atoms in total. The van der Waals surface area contributed by atoms with Crippen molar-refractivity contribution in [3.63, 3.8) is 0 Å². The molecule has 0 aliphatic heterocycles. The Balaban J connectivity index is 2.03. The Hall–Kier alpha value is -3.59. The normalized spacial score (nSPS) is 11.6. The molecule has 4 rings (SSSR count). The number of aromatic hydroxyl groups is 1. The topological polar surface area (TPSA) is 50.4 Å². The molecule has 0 aliphatic carbocycles. The Morgan fingerprint density at radius 2 is 1.42 bits per heavy atom. The molecule has 4 aromatic rings. The standard InChI is InChI=1S/C23H16O3/c24-22-18-13-7-8-14-20(18)26-23(25)21(22)19(17-11-5-2-6-12-17)15-16-9-3-1-4-10-16/h1-15,24H/b19-15+. The van der Waals surface area contributed by atoms with Crippen molar-refractivity contribution in [1.82, 2.24) is 0 Å². The summed E-state index contributed by atoms with van der Waals surface area (Å²) in [6.07, 6.45) is 1.88. The van der Waals surface area contributed by atoms with Gasteiger partial charge in [-0.1, -0.05) is 72.8 Å². The van der Waals surface area contributed by atoms with Crippen molar-refractivity contribution in [3.8, 4) is 5.75 Å². The highest BCUT2D eigenvalue weighted by molar-refractivity contribution is 5.97. The van der Waals surface area contributed by atoms with Crippen molar-refractivity contribution in [2.75, 3.05) is 0 Å². The number of fused-ring (bicyclic) bond motifs is 1. The van der Waals surface area contributed by atoms with Gasteiger partial charge in [-0.15, -0.1) is 0 Å². The lowest BCUT2D eigenvalue weighted by Gasteiger charge is -2.11. The number of rotatable bonds is 3. The molecule has 0 radical (unpaired) electrons. The summed E-state index contributed by atoms with van der Waals surface area (Å²) in [4.78, 5) is 12.7. The van der Waals surface area contributed by atoms with Gasteiger partial charge in [-0.25, -0.2) is 4.79 Å². The fourth-order valence-electron chi connectivity index (χ4n) is 3.00. The fourth-order valence-corrected chi connectivity index (χ4v) is 3.00. The SMILES string of the molecule is O=c1oc2ccccc2c(O)c1/C(=C/c1ccccc1)c1ccccc1. The maximum atomic E-state index is 12.7. The van der Waals surface area contributed by atoms with Gasteiger partial charge in [0.2, 0.25) is 0 Å². The molecule has 0 fully saturated rings. The van der Waals surface area contributed by atoms with Crippen LogP contribution < -0.4 is 5.63 Å². The monoisotopic (exact) mass is 340 g/mol. The molecular formula is C23H16O3. The molecule has 0 unspecified atom stereocenters. The van der Waals surface area contributed by atoms with Crippen LogP contribution >= 0.6 is 0 Å². The minimum Gasteiger partial charge on any atom is -0.506 e. The van der Waals surface area contributed by atoms with Crippen molar-refractivity contribution in [1.29, 1.82) is 0 Å². The van der Waals surface area contributed by atoms with Gasteiger partial charge in [0.25, 0.3) is 0 Å². The zero-order chi connectivity index (χ0) is 17.9. The van der Waals surface area contributed by atoms with E-state index >= 15 is 0 Å². The number of para-hydroxylation sites is 1. The van der Waals surface area contributed by atoms with Crippen LogP contribution in [0, 0.1) is 0 Å². The summed E-state index contributed by atoms with van der Waals surface area (Å²) < 4.78 is 5.46. The molecule has 0 aliphatic rings. The molecule has 1 aromatic heterocycles. The van der Waals surface area contributed by atoms with E-state index in [1.54, 1.807) is 24.3 Å². The molecular weight excluding hydrogens is 324 g/mol. The van der Waals surface area contributed by atoms with Gasteiger partial charge in [-0.05, 0) is 29.3 Å². The zero-order valence-electron chi connectivity index (χ0n) is 13.9. The number of benzene rings is 3. The van der Waals surface area contributed by atoms with Gasteiger partial charge >= 0.3 is 5.63 Å². The Kier molecular flexibility index (Phi) is 4.12. The largest absolute Gasteiger partial charge is 0.506 e. The Morgan fingerprint density at radius 1 is 0.808 bits per heavy atom. The van der Waals surface area contributed by atoms with Crippen LogP contribution in [0.3, 0.4) is 0 Å². The highest BCUT2D eigenvalue weighted by Gasteiger charge is 2.19. The molecule has 1 heterocycles. The molecule has 3 aromatic carbocycles. The lowest BCUT2D eigenvalue weighted by atomic mass is 9.95. The first kappa shape index (κ1) is 15.9. The predicted molar refractivity (Wildman–Crippen MR) is 104 cm³/mol. The summed E-state index contributed by atoms with van der Waals surface area (Å²) in [6, 6.07) is 26.2. The molecule has 1 N–H and O–H groups in total. The van der Waals surface area contributed by atoms with Crippen molar-refractivity contribution in [2.24, 2.45) is 0 Å². The van der Waals surface area contributed by atoms with E-state index in [0.717, 1.165) is 11.1 Å². The molecule has 126 valence electrons. The first-order chi connectivity index (χ1) is 12.7. The Labute approximate surface area is 150 Å². The van der Waals surface area contributed by atoms with E-state index in [9.17, 15) is 9.90 Å². The van der Waals surface area contributed by atoms with E-state index in [0.29, 0.717) is 16.5 Å². The molecule has 0 saturated carbocycles. The Bertz CT molecular complexity index is 1140. The van der Waals surface area contributed by atoms with Crippen molar-refractivity contribution < 1.29 is 9.52 Å². The first-order valence-electron chi connectivity index (χ1n) is 8.31. The van der Waals surface area contributed by atoms with E-state index < -0.39 is 5.63 Å². The van der Waals surface area contributed by atoms with E-state index in [1.807, 2.05) is 66.7 Å². The zero-order valence-corrected chi connectivity index (χ0v) is 13.9. The average Bonchev–Trinajstić information content (AvgIpc) is 2.69. The highest BCUT2D eigenvalue weighted by Crippen LogP contribution is 2.34. The molecule has 0 bridgehead atoms. The van der Waals surface area contributed by atoms with E-state index in [4.69, 9.17) is 4.42 Å². The summed E-state index contributed by atoms with van der Waals surface area (Å²) in [5.41, 5.74) is 2.35. The first-order valence-corrected chi connectivity index (χ1v) is 8.31. The predicted octanol–water partition coefficient (Wildman–Crippen LogP) is 5.09. The third kappa shape index (κ3) is 2.91. The quantitative estimate of drug-likeness (QED) is 0.417. The third-order valence-corrected chi connectivity index (χ3v) is 4.25. The van der Waals surface area contributed by atoms with Crippen molar-refractivity contribution in [2.45, 2.75) is 0 Å². The van der Waals surface area contributed by atoms with Crippen LogP contribution in [-0.2, 0) is 0 Å². The van der Waals surface area contributed by atoms with Gasteiger partial charge in [-0.3, -0.25) is 0 Å². The van der Waals surface area contributed by atoms with Gasteiger partial charge in [-0.2, -0.15) is 0 Å².